The van der Waals surface area contributed by atoms with Gasteiger partial charge < -0.3 is 10.6 Å². The molecule has 6 nitrogen and oxygen atoms in total. The lowest BCUT2D eigenvalue weighted by molar-refractivity contribution is -0.126. The summed E-state index contributed by atoms with van der Waals surface area (Å²) in [5.74, 6) is -0.0594. The molecule has 1 aromatic carbocycles. The third-order valence-electron chi connectivity index (χ3n) is 4.92. The summed E-state index contributed by atoms with van der Waals surface area (Å²) in [6.07, 6.45) is 3.18. The molecule has 0 aliphatic carbocycles. The number of hydrogen-bond donors (Lipinski definition) is 2. The Kier molecular flexibility index (Phi) is 5.99. The van der Waals surface area contributed by atoms with Gasteiger partial charge in [-0.05, 0) is 56.5 Å². The van der Waals surface area contributed by atoms with Crippen LogP contribution in [0.4, 0.5) is 0 Å². The molecular weight excluding hydrogens is 362 g/mol. The highest BCUT2D eigenvalue weighted by atomic mass is 35.5. The predicted octanol–water partition coefficient (Wildman–Crippen LogP) is 1.61. The highest BCUT2D eigenvalue weighted by Crippen LogP contribution is 2.25. The quantitative estimate of drug-likeness (QED) is 0.825. The average Bonchev–Trinajstić information content (AvgIpc) is 2.63. The Hall–Kier alpha value is -1.15. The van der Waals surface area contributed by atoms with E-state index in [1.807, 2.05) is 0 Å². The van der Waals surface area contributed by atoms with Crippen molar-refractivity contribution in [2.75, 3.05) is 26.2 Å². The van der Waals surface area contributed by atoms with Crippen molar-refractivity contribution in [1.29, 1.82) is 0 Å². The summed E-state index contributed by atoms with van der Waals surface area (Å²) in [5.41, 5.74) is 0. The van der Waals surface area contributed by atoms with Crippen LogP contribution >= 0.6 is 11.6 Å². The molecule has 2 heterocycles. The Morgan fingerprint density at radius 2 is 1.84 bits per heavy atom. The first kappa shape index (κ1) is 18.6. The third kappa shape index (κ3) is 4.53. The second-order valence-corrected chi connectivity index (χ2v) is 9.06. The van der Waals surface area contributed by atoms with E-state index in [1.54, 1.807) is 12.1 Å². The number of nitrogens with zero attached hydrogens (tertiary/aromatic N) is 1. The Morgan fingerprint density at radius 1 is 1.16 bits per heavy atom. The van der Waals surface area contributed by atoms with Crippen LogP contribution in [0.2, 0.25) is 5.02 Å². The molecular formula is C17H24ClN3O3S. The van der Waals surface area contributed by atoms with Crippen LogP contribution in [0.3, 0.4) is 0 Å². The third-order valence-corrected chi connectivity index (χ3v) is 7.08. The zero-order valence-corrected chi connectivity index (χ0v) is 15.7. The summed E-state index contributed by atoms with van der Waals surface area (Å²) < 4.78 is 26.8. The van der Waals surface area contributed by atoms with Crippen molar-refractivity contribution in [1.82, 2.24) is 14.9 Å². The molecule has 2 fully saturated rings. The fraction of sp³-hybridized carbons (Fsp3) is 0.588. The molecule has 0 bridgehead atoms. The number of halogens is 1. The van der Waals surface area contributed by atoms with Gasteiger partial charge in [0.15, 0.2) is 0 Å². The first-order valence-electron chi connectivity index (χ1n) is 8.73. The monoisotopic (exact) mass is 385 g/mol. The smallest absolute Gasteiger partial charge is 0.243 e. The zero-order chi connectivity index (χ0) is 17.9. The molecule has 0 saturated carbocycles. The van der Waals surface area contributed by atoms with E-state index in [0.717, 1.165) is 25.9 Å². The van der Waals surface area contributed by atoms with Gasteiger partial charge in [-0.25, -0.2) is 8.42 Å². The lowest BCUT2D eigenvalue weighted by Crippen LogP contribution is -2.49. The Morgan fingerprint density at radius 3 is 2.44 bits per heavy atom. The van der Waals surface area contributed by atoms with Crippen LogP contribution < -0.4 is 10.6 Å². The zero-order valence-electron chi connectivity index (χ0n) is 14.1. The van der Waals surface area contributed by atoms with Crippen LogP contribution in [-0.2, 0) is 14.8 Å². The number of hydrogen-bond acceptors (Lipinski definition) is 4. The summed E-state index contributed by atoms with van der Waals surface area (Å²) >= 11 is 5.82. The standard InChI is InChI=1S/C17H24ClN3O3S/c18-14-3-5-16(6-4-14)25(23,24)21-10-7-13(8-11-21)17(22)20-15-2-1-9-19-12-15/h3-6,13,15,19H,1-2,7-12H2,(H,20,22)/t15-/m0/s1. The maximum absolute atomic E-state index is 12.7. The number of piperidine rings is 2. The van der Waals surface area contributed by atoms with E-state index in [1.165, 1.54) is 16.4 Å². The van der Waals surface area contributed by atoms with Crippen molar-refractivity contribution >= 4 is 27.5 Å². The van der Waals surface area contributed by atoms with Gasteiger partial charge in [-0.15, -0.1) is 0 Å². The molecule has 2 N–H and O–H groups in total. The minimum atomic E-state index is -3.52. The van der Waals surface area contributed by atoms with E-state index < -0.39 is 10.0 Å². The highest BCUT2D eigenvalue weighted by molar-refractivity contribution is 7.89. The van der Waals surface area contributed by atoms with Crippen molar-refractivity contribution in [3.05, 3.63) is 29.3 Å². The molecule has 138 valence electrons. The van der Waals surface area contributed by atoms with Crippen LogP contribution in [0.1, 0.15) is 25.7 Å². The van der Waals surface area contributed by atoms with E-state index in [2.05, 4.69) is 10.6 Å². The molecule has 2 saturated heterocycles. The minimum absolute atomic E-state index is 0.0530. The number of carbonyl (C=O) groups is 1. The molecule has 3 rings (SSSR count). The van der Waals surface area contributed by atoms with Gasteiger partial charge in [0.1, 0.15) is 0 Å². The summed E-state index contributed by atoms with van der Waals surface area (Å²) in [6.45, 7) is 2.56. The Balaban J connectivity index is 1.55. The van der Waals surface area contributed by atoms with Crippen molar-refractivity contribution in [3.8, 4) is 0 Å². The van der Waals surface area contributed by atoms with Gasteiger partial charge >= 0.3 is 0 Å². The fourth-order valence-corrected chi connectivity index (χ4v) is 5.00. The Labute approximate surface area is 154 Å². The fourth-order valence-electron chi connectivity index (χ4n) is 3.41. The molecule has 0 radical (unpaired) electrons. The predicted molar refractivity (Wildman–Crippen MR) is 97.0 cm³/mol. The number of sulfonamides is 1. The van der Waals surface area contributed by atoms with Gasteiger partial charge in [-0.1, -0.05) is 11.6 Å². The summed E-state index contributed by atoms with van der Waals surface area (Å²) in [4.78, 5) is 12.7. The molecule has 2 aliphatic heterocycles. The lowest BCUT2D eigenvalue weighted by atomic mass is 9.96. The van der Waals surface area contributed by atoms with Crippen LogP contribution in [0.5, 0.6) is 0 Å². The van der Waals surface area contributed by atoms with Crippen LogP contribution in [-0.4, -0.2) is 50.9 Å². The second-order valence-electron chi connectivity index (χ2n) is 6.68. The van der Waals surface area contributed by atoms with Gasteiger partial charge in [0.2, 0.25) is 15.9 Å². The van der Waals surface area contributed by atoms with E-state index in [4.69, 9.17) is 11.6 Å². The summed E-state index contributed by atoms with van der Waals surface area (Å²) in [6, 6.07) is 6.38. The van der Waals surface area contributed by atoms with E-state index in [9.17, 15) is 13.2 Å². The maximum Gasteiger partial charge on any atom is 0.243 e. The number of rotatable bonds is 4. The lowest BCUT2D eigenvalue weighted by Gasteiger charge is -2.32. The molecule has 8 heteroatoms. The Bertz CT molecular complexity index is 694. The van der Waals surface area contributed by atoms with Crippen molar-refractivity contribution < 1.29 is 13.2 Å². The second kappa shape index (κ2) is 8.03. The van der Waals surface area contributed by atoms with Gasteiger partial charge in [0.25, 0.3) is 0 Å². The van der Waals surface area contributed by atoms with Crippen LogP contribution in [0, 0.1) is 5.92 Å². The largest absolute Gasteiger partial charge is 0.352 e. The van der Waals surface area contributed by atoms with Crippen LogP contribution in [0.15, 0.2) is 29.2 Å². The number of amides is 1. The molecule has 0 aromatic heterocycles. The molecule has 0 spiro atoms. The molecule has 2 aliphatic rings. The molecule has 1 aromatic rings. The van der Waals surface area contributed by atoms with E-state index >= 15 is 0 Å². The summed E-state index contributed by atoms with van der Waals surface area (Å²) in [7, 11) is -3.52. The average molecular weight is 386 g/mol. The molecule has 25 heavy (non-hydrogen) atoms. The highest BCUT2D eigenvalue weighted by Gasteiger charge is 2.32. The molecule has 0 unspecified atom stereocenters. The number of nitrogens with one attached hydrogen (secondary N) is 2. The topological polar surface area (TPSA) is 78.5 Å². The molecule has 1 amide bonds. The van der Waals surface area contributed by atoms with E-state index in [-0.39, 0.29) is 22.8 Å². The van der Waals surface area contributed by atoms with Crippen LogP contribution in [0.25, 0.3) is 0 Å². The first-order valence-corrected chi connectivity index (χ1v) is 10.6. The SMILES string of the molecule is O=C(N[C@H]1CCCNC1)C1CCN(S(=O)(=O)c2ccc(Cl)cc2)CC1. The van der Waals surface area contributed by atoms with Crippen molar-refractivity contribution in [2.45, 2.75) is 36.6 Å². The van der Waals surface area contributed by atoms with Gasteiger partial charge in [0, 0.05) is 36.6 Å². The number of carbonyl (C=O) groups excluding carboxylic acids is 1. The van der Waals surface area contributed by atoms with Crippen molar-refractivity contribution in [3.63, 3.8) is 0 Å². The number of benzene rings is 1. The first-order chi connectivity index (χ1) is 12.0. The van der Waals surface area contributed by atoms with E-state index in [0.29, 0.717) is 31.0 Å². The molecule has 1 atom stereocenters. The normalized spacial score (nSPS) is 23.3. The van der Waals surface area contributed by atoms with Gasteiger partial charge in [-0.3, -0.25) is 4.79 Å². The summed E-state index contributed by atoms with van der Waals surface area (Å²) in [5, 5.41) is 6.88. The maximum atomic E-state index is 12.7. The van der Waals surface area contributed by atoms with Gasteiger partial charge in [0.05, 0.1) is 4.90 Å². The van der Waals surface area contributed by atoms with Gasteiger partial charge in [-0.2, -0.15) is 4.31 Å². The van der Waals surface area contributed by atoms with Crippen molar-refractivity contribution in [2.24, 2.45) is 5.92 Å². The minimum Gasteiger partial charge on any atom is -0.352 e.